The maximum Gasteiger partial charge on any atom is 0.227 e. The molecule has 1 aromatic rings. The number of carbonyl (C=O) groups excluding carboxylic acids is 2. The minimum absolute atomic E-state index is 0.0630. The van der Waals surface area contributed by atoms with Crippen LogP contribution in [-0.4, -0.2) is 62.6 Å². The molecule has 0 radical (unpaired) electrons. The van der Waals surface area contributed by atoms with Crippen LogP contribution in [0.15, 0.2) is 24.3 Å². The largest absolute Gasteiger partial charge is 0.497 e. The number of rotatable bonds is 7. The Labute approximate surface area is 149 Å². The molecule has 0 aromatic heterocycles. The molecule has 0 bridgehead atoms. The second kappa shape index (κ2) is 8.85. The van der Waals surface area contributed by atoms with Crippen LogP contribution in [0.3, 0.4) is 0 Å². The predicted molar refractivity (Wildman–Crippen MR) is 95.4 cm³/mol. The third-order valence-corrected chi connectivity index (χ3v) is 4.85. The van der Waals surface area contributed by atoms with Crippen LogP contribution < -0.4 is 4.74 Å². The molecule has 1 heterocycles. The molecule has 6 heteroatoms. The summed E-state index contributed by atoms with van der Waals surface area (Å²) in [6, 6.07) is 7.33. The molecule has 2 atom stereocenters. The first-order valence-corrected chi connectivity index (χ1v) is 8.70. The van der Waals surface area contributed by atoms with Crippen LogP contribution in [0.2, 0.25) is 0 Å². The summed E-state index contributed by atoms with van der Waals surface area (Å²) in [6.45, 7) is 3.51. The Hall–Kier alpha value is -2.08. The third kappa shape index (κ3) is 4.31. The van der Waals surface area contributed by atoms with E-state index < -0.39 is 0 Å². The van der Waals surface area contributed by atoms with Gasteiger partial charge in [0.15, 0.2) is 0 Å². The first-order valence-electron chi connectivity index (χ1n) is 8.70. The SMILES string of the molecule is CCN(C)C(=O)[C@@H]1CCC(=O)N(CCOC)[C@H]1c1cccc(OC)c1. The Morgan fingerprint density at radius 3 is 2.76 bits per heavy atom. The lowest BCUT2D eigenvalue weighted by Gasteiger charge is -2.42. The predicted octanol–water partition coefficient (Wildman–Crippen LogP) is 2.10. The summed E-state index contributed by atoms with van der Waals surface area (Å²) in [4.78, 5) is 29.0. The number of likely N-dealkylation sites (tertiary alicyclic amines) is 1. The lowest BCUT2D eigenvalue weighted by Crippen LogP contribution is -2.49. The Kier molecular flexibility index (Phi) is 6.82. The number of benzene rings is 1. The summed E-state index contributed by atoms with van der Waals surface area (Å²) in [7, 11) is 5.03. The average molecular weight is 348 g/mol. The molecule has 1 saturated heterocycles. The molecule has 25 heavy (non-hydrogen) atoms. The van der Waals surface area contributed by atoms with E-state index >= 15 is 0 Å². The van der Waals surface area contributed by atoms with Crippen molar-refractivity contribution in [2.24, 2.45) is 5.92 Å². The summed E-state index contributed by atoms with van der Waals surface area (Å²) in [5, 5.41) is 0. The summed E-state index contributed by atoms with van der Waals surface area (Å²) >= 11 is 0. The molecule has 6 nitrogen and oxygen atoms in total. The van der Waals surface area contributed by atoms with Crippen LogP contribution >= 0.6 is 0 Å². The van der Waals surface area contributed by atoms with E-state index in [1.54, 1.807) is 31.1 Å². The third-order valence-electron chi connectivity index (χ3n) is 4.85. The van der Waals surface area contributed by atoms with Gasteiger partial charge in [0.05, 0.1) is 25.7 Å². The summed E-state index contributed by atoms with van der Waals surface area (Å²) in [5.74, 6) is 0.599. The Morgan fingerprint density at radius 1 is 1.36 bits per heavy atom. The molecular weight excluding hydrogens is 320 g/mol. The van der Waals surface area contributed by atoms with Crippen molar-refractivity contribution in [2.75, 3.05) is 41.0 Å². The zero-order valence-electron chi connectivity index (χ0n) is 15.5. The highest BCUT2D eigenvalue weighted by atomic mass is 16.5. The van der Waals surface area contributed by atoms with Gasteiger partial charge in [-0.1, -0.05) is 12.1 Å². The number of methoxy groups -OCH3 is 2. The highest BCUT2D eigenvalue weighted by Crippen LogP contribution is 2.38. The number of hydrogen-bond acceptors (Lipinski definition) is 4. The second-order valence-corrected chi connectivity index (χ2v) is 6.30. The Bertz CT molecular complexity index is 605. The van der Waals surface area contributed by atoms with Crippen LogP contribution in [0.5, 0.6) is 5.75 Å². The van der Waals surface area contributed by atoms with Crippen molar-refractivity contribution in [3.8, 4) is 5.75 Å². The monoisotopic (exact) mass is 348 g/mol. The summed E-state index contributed by atoms with van der Waals surface area (Å²) < 4.78 is 10.5. The van der Waals surface area contributed by atoms with Gasteiger partial charge in [0.25, 0.3) is 0 Å². The van der Waals surface area contributed by atoms with Gasteiger partial charge in [0.2, 0.25) is 11.8 Å². The molecule has 1 aromatic carbocycles. The van der Waals surface area contributed by atoms with Crippen LogP contribution in [-0.2, 0) is 14.3 Å². The van der Waals surface area contributed by atoms with Crippen molar-refractivity contribution in [1.29, 1.82) is 0 Å². The molecule has 0 saturated carbocycles. The minimum Gasteiger partial charge on any atom is -0.497 e. The fraction of sp³-hybridized carbons (Fsp3) is 0.579. The van der Waals surface area contributed by atoms with E-state index in [-0.39, 0.29) is 23.8 Å². The van der Waals surface area contributed by atoms with Gasteiger partial charge >= 0.3 is 0 Å². The van der Waals surface area contributed by atoms with Gasteiger partial charge in [-0.15, -0.1) is 0 Å². The van der Waals surface area contributed by atoms with Gasteiger partial charge in [-0.25, -0.2) is 0 Å². The number of piperidine rings is 1. The first-order chi connectivity index (χ1) is 12.0. The van der Waals surface area contributed by atoms with E-state index in [0.29, 0.717) is 32.5 Å². The second-order valence-electron chi connectivity index (χ2n) is 6.30. The number of carbonyl (C=O) groups is 2. The molecule has 1 aliphatic heterocycles. The molecule has 2 rings (SSSR count). The van der Waals surface area contributed by atoms with Gasteiger partial charge in [-0.2, -0.15) is 0 Å². The van der Waals surface area contributed by atoms with E-state index in [1.807, 2.05) is 31.2 Å². The highest BCUT2D eigenvalue weighted by Gasteiger charge is 2.41. The smallest absolute Gasteiger partial charge is 0.227 e. The number of hydrogen-bond donors (Lipinski definition) is 0. The summed E-state index contributed by atoms with van der Waals surface area (Å²) in [6.07, 6.45) is 0.950. The molecule has 2 amide bonds. The van der Waals surface area contributed by atoms with E-state index in [1.165, 1.54) is 0 Å². The maximum absolute atomic E-state index is 12.9. The number of nitrogens with zero attached hydrogens (tertiary/aromatic N) is 2. The Morgan fingerprint density at radius 2 is 2.12 bits per heavy atom. The van der Waals surface area contributed by atoms with Gasteiger partial charge in [-0.05, 0) is 31.0 Å². The molecule has 1 aliphatic rings. The molecule has 0 spiro atoms. The number of ether oxygens (including phenoxy) is 2. The lowest BCUT2D eigenvalue weighted by molar-refractivity contribution is -0.148. The molecule has 138 valence electrons. The van der Waals surface area contributed by atoms with Gasteiger partial charge in [0, 0.05) is 33.7 Å². The van der Waals surface area contributed by atoms with Gasteiger partial charge in [-0.3, -0.25) is 9.59 Å². The van der Waals surface area contributed by atoms with Crippen molar-refractivity contribution >= 4 is 11.8 Å². The average Bonchev–Trinajstić information content (AvgIpc) is 2.65. The summed E-state index contributed by atoms with van der Waals surface area (Å²) in [5.41, 5.74) is 0.923. The van der Waals surface area contributed by atoms with Crippen LogP contribution in [0, 0.1) is 5.92 Å². The first kappa shape index (κ1) is 19.2. The molecule has 0 aliphatic carbocycles. The zero-order chi connectivity index (χ0) is 18.4. The fourth-order valence-corrected chi connectivity index (χ4v) is 3.34. The maximum atomic E-state index is 12.9. The topological polar surface area (TPSA) is 59.1 Å². The zero-order valence-corrected chi connectivity index (χ0v) is 15.5. The van der Waals surface area contributed by atoms with Crippen molar-refractivity contribution in [3.63, 3.8) is 0 Å². The van der Waals surface area contributed by atoms with Crippen molar-refractivity contribution < 1.29 is 19.1 Å². The Balaban J connectivity index is 2.42. The fourth-order valence-electron chi connectivity index (χ4n) is 3.34. The van der Waals surface area contributed by atoms with E-state index in [2.05, 4.69) is 0 Å². The minimum atomic E-state index is -0.298. The van der Waals surface area contributed by atoms with Crippen molar-refractivity contribution in [3.05, 3.63) is 29.8 Å². The van der Waals surface area contributed by atoms with Crippen molar-refractivity contribution in [2.45, 2.75) is 25.8 Å². The lowest BCUT2D eigenvalue weighted by atomic mass is 9.83. The van der Waals surface area contributed by atoms with Crippen molar-refractivity contribution in [1.82, 2.24) is 9.80 Å². The number of amides is 2. The molecule has 0 N–H and O–H groups in total. The van der Waals surface area contributed by atoms with Crippen LogP contribution in [0.4, 0.5) is 0 Å². The van der Waals surface area contributed by atoms with Gasteiger partial charge in [0.1, 0.15) is 5.75 Å². The van der Waals surface area contributed by atoms with Gasteiger partial charge < -0.3 is 19.3 Å². The van der Waals surface area contributed by atoms with E-state index in [9.17, 15) is 9.59 Å². The standard InChI is InChI=1S/C19H28N2O4/c1-5-20(2)19(23)16-9-10-17(22)21(11-12-24-3)18(16)14-7-6-8-15(13-14)25-4/h6-8,13,16,18H,5,9-12H2,1-4H3/t16-,18+/m1/s1. The quantitative estimate of drug-likeness (QED) is 0.757. The molecule has 0 unspecified atom stereocenters. The molecular formula is C19H28N2O4. The molecule has 1 fully saturated rings. The highest BCUT2D eigenvalue weighted by molar-refractivity contribution is 5.85. The van der Waals surface area contributed by atoms with E-state index in [4.69, 9.17) is 9.47 Å². The normalized spacial score (nSPS) is 20.5. The van der Waals surface area contributed by atoms with Crippen LogP contribution in [0.25, 0.3) is 0 Å². The van der Waals surface area contributed by atoms with Crippen LogP contribution in [0.1, 0.15) is 31.4 Å². The van der Waals surface area contributed by atoms with E-state index in [0.717, 1.165) is 11.3 Å².